The first-order valence-corrected chi connectivity index (χ1v) is 9.27. The zero-order valence-corrected chi connectivity index (χ0v) is 15.9. The number of carbonyl (C=O) groups excluding carboxylic acids is 2. The molecule has 0 aliphatic carbocycles. The summed E-state index contributed by atoms with van der Waals surface area (Å²) in [6.07, 6.45) is -1.49. The van der Waals surface area contributed by atoms with Gasteiger partial charge in [0.2, 0.25) is 6.23 Å². The van der Waals surface area contributed by atoms with E-state index in [0.29, 0.717) is 29.9 Å². The Morgan fingerprint density at radius 1 is 1.10 bits per heavy atom. The Kier molecular flexibility index (Phi) is 4.89. The number of hydrogen-bond acceptors (Lipinski definition) is 6. The number of hydrogen-bond donors (Lipinski definition) is 0. The van der Waals surface area contributed by atoms with E-state index in [1.807, 2.05) is 7.05 Å². The van der Waals surface area contributed by atoms with Crippen molar-refractivity contribution >= 4 is 23.4 Å². The summed E-state index contributed by atoms with van der Waals surface area (Å²) in [4.78, 5) is 41.5. The molecule has 2 amide bonds. The van der Waals surface area contributed by atoms with Crippen LogP contribution in [0.15, 0.2) is 48.5 Å². The molecule has 0 spiro atoms. The second-order valence-electron chi connectivity index (χ2n) is 7.07. The maximum atomic E-state index is 13.0. The number of piperazine rings is 1. The smallest absolute Gasteiger partial charge is 0.412 e. The van der Waals surface area contributed by atoms with Gasteiger partial charge < -0.3 is 14.5 Å². The number of nitro benzene ring substituents is 1. The minimum Gasteiger partial charge on any atom is -0.420 e. The highest BCUT2D eigenvalue weighted by molar-refractivity contribution is 6.11. The van der Waals surface area contributed by atoms with E-state index < -0.39 is 17.2 Å². The molecule has 1 unspecified atom stereocenters. The number of rotatable bonds is 3. The van der Waals surface area contributed by atoms with Crippen LogP contribution in [0.1, 0.15) is 22.1 Å². The Bertz CT molecular complexity index is 971. The third kappa shape index (κ3) is 3.52. The van der Waals surface area contributed by atoms with Gasteiger partial charge in [0.05, 0.1) is 10.6 Å². The summed E-state index contributed by atoms with van der Waals surface area (Å²) >= 11 is 0. The van der Waals surface area contributed by atoms with Crippen LogP contribution in [-0.2, 0) is 4.74 Å². The van der Waals surface area contributed by atoms with E-state index in [1.54, 1.807) is 35.2 Å². The summed E-state index contributed by atoms with van der Waals surface area (Å²) in [5, 5.41) is 11.2. The molecule has 0 bridgehead atoms. The van der Waals surface area contributed by atoms with Crippen molar-refractivity contribution in [3.05, 3.63) is 69.8 Å². The van der Waals surface area contributed by atoms with Gasteiger partial charge in [-0.15, -0.1) is 0 Å². The van der Waals surface area contributed by atoms with Gasteiger partial charge in [-0.1, -0.05) is 24.3 Å². The highest BCUT2D eigenvalue weighted by atomic mass is 16.6. The van der Waals surface area contributed by atoms with Gasteiger partial charge in [0.15, 0.2) is 0 Å². The largest absolute Gasteiger partial charge is 0.420 e. The summed E-state index contributed by atoms with van der Waals surface area (Å²) in [6.45, 7) is 2.55. The zero-order valence-electron chi connectivity index (χ0n) is 15.9. The van der Waals surface area contributed by atoms with E-state index in [-0.39, 0.29) is 11.6 Å². The molecule has 2 aliphatic rings. The van der Waals surface area contributed by atoms with Crippen molar-refractivity contribution in [1.82, 2.24) is 9.80 Å². The van der Waals surface area contributed by atoms with Gasteiger partial charge in [-0.25, -0.2) is 4.79 Å². The second kappa shape index (κ2) is 7.51. The summed E-state index contributed by atoms with van der Waals surface area (Å²) in [6, 6.07) is 12.6. The zero-order chi connectivity index (χ0) is 20.5. The monoisotopic (exact) mass is 396 g/mol. The fraction of sp³-hybridized carbons (Fsp3) is 0.300. The molecule has 0 saturated carbocycles. The molecule has 0 aromatic heterocycles. The van der Waals surface area contributed by atoms with E-state index in [1.165, 1.54) is 23.1 Å². The fourth-order valence-corrected chi connectivity index (χ4v) is 3.57. The van der Waals surface area contributed by atoms with Crippen LogP contribution in [0.5, 0.6) is 0 Å². The number of carbonyl (C=O) groups is 2. The molecule has 9 heteroatoms. The average Bonchev–Trinajstić information content (AvgIpc) is 3.00. The van der Waals surface area contributed by atoms with Crippen LogP contribution in [0.25, 0.3) is 0 Å². The lowest BCUT2D eigenvalue weighted by Crippen LogP contribution is -2.48. The number of likely N-dealkylation sites (N-methyl/N-ethyl adjacent to an activating group) is 1. The molecular formula is C20H20N4O5. The van der Waals surface area contributed by atoms with Crippen LogP contribution in [0.3, 0.4) is 0 Å². The molecule has 0 N–H and O–H groups in total. The summed E-state index contributed by atoms with van der Waals surface area (Å²) in [5.41, 5.74) is 1.13. The fourth-order valence-electron chi connectivity index (χ4n) is 3.57. The Morgan fingerprint density at radius 3 is 2.55 bits per heavy atom. The molecule has 1 fully saturated rings. The highest BCUT2D eigenvalue weighted by Crippen LogP contribution is 2.39. The summed E-state index contributed by atoms with van der Waals surface area (Å²) in [7, 11) is 1.98. The van der Waals surface area contributed by atoms with E-state index in [0.717, 1.165) is 13.1 Å². The van der Waals surface area contributed by atoms with E-state index in [2.05, 4.69) is 4.90 Å². The molecule has 2 aromatic carbocycles. The van der Waals surface area contributed by atoms with Crippen LogP contribution >= 0.6 is 0 Å². The number of ether oxygens (including phenoxy) is 1. The van der Waals surface area contributed by atoms with Gasteiger partial charge in [-0.05, 0) is 19.2 Å². The SMILES string of the molecule is CN1CCN(C(=O)OC2c3ccccc3C(=O)N2c2cccc([N+](=O)[O-])c2)CC1. The van der Waals surface area contributed by atoms with Crippen molar-refractivity contribution in [2.45, 2.75) is 6.23 Å². The van der Waals surface area contributed by atoms with Crippen LogP contribution < -0.4 is 4.90 Å². The van der Waals surface area contributed by atoms with Crippen molar-refractivity contribution < 1.29 is 19.2 Å². The van der Waals surface area contributed by atoms with E-state index >= 15 is 0 Å². The molecule has 29 heavy (non-hydrogen) atoms. The topological polar surface area (TPSA) is 96.2 Å². The lowest BCUT2D eigenvalue weighted by atomic mass is 10.1. The van der Waals surface area contributed by atoms with E-state index in [9.17, 15) is 19.7 Å². The van der Waals surface area contributed by atoms with Gasteiger partial charge in [0.25, 0.3) is 11.6 Å². The predicted molar refractivity (Wildman–Crippen MR) is 105 cm³/mol. The van der Waals surface area contributed by atoms with Crippen molar-refractivity contribution in [2.75, 3.05) is 38.1 Å². The highest BCUT2D eigenvalue weighted by Gasteiger charge is 2.41. The molecule has 150 valence electrons. The first-order chi connectivity index (χ1) is 14.0. The van der Waals surface area contributed by atoms with Crippen molar-refractivity contribution in [3.8, 4) is 0 Å². The Morgan fingerprint density at radius 2 is 1.83 bits per heavy atom. The molecule has 0 radical (unpaired) electrons. The van der Waals surface area contributed by atoms with Crippen LogP contribution in [-0.4, -0.2) is 60.0 Å². The molecule has 2 aliphatic heterocycles. The number of nitro groups is 1. The number of nitrogens with zero attached hydrogens (tertiary/aromatic N) is 4. The Labute approximate surface area is 167 Å². The number of fused-ring (bicyclic) bond motifs is 1. The van der Waals surface area contributed by atoms with E-state index in [4.69, 9.17) is 4.74 Å². The van der Waals surface area contributed by atoms with Crippen molar-refractivity contribution in [2.24, 2.45) is 0 Å². The van der Waals surface area contributed by atoms with Gasteiger partial charge >= 0.3 is 6.09 Å². The van der Waals surface area contributed by atoms with Gasteiger partial charge in [0, 0.05) is 49.4 Å². The number of benzene rings is 2. The van der Waals surface area contributed by atoms with Crippen molar-refractivity contribution in [1.29, 1.82) is 0 Å². The normalized spacial score (nSPS) is 19.2. The average molecular weight is 396 g/mol. The first-order valence-electron chi connectivity index (χ1n) is 9.27. The van der Waals surface area contributed by atoms with Gasteiger partial charge in [-0.3, -0.25) is 19.8 Å². The Hall–Kier alpha value is -3.46. The summed E-state index contributed by atoms with van der Waals surface area (Å²) in [5.74, 6) is -0.364. The standard InChI is InChI=1S/C20H20N4O5/c1-21-9-11-22(12-10-21)20(26)29-19-17-8-3-2-7-16(17)18(25)23(19)14-5-4-6-15(13-14)24(27)28/h2-8,13,19H,9-12H2,1H3. The minimum atomic E-state index is -0.979. The predicted octanol–water partition coefficient (Wildman–Crippen LogP) is 2.64. The number of amides is 2. The maximum absolute atomic E-state index is 13.0. The molecule has 2 heterocycles. The summed E-state index contributed by atoms with van der Waals surface area (Å²) < 4.78 is 5.75. The van der Waals surface area contributed by atoms with Crippen LogP contribution in [0, 0.1) is 10.1 Å². The van der Waals surface area contributed by atoms with Crippen LogP contribution in [0.2, 0.25) is 0 Å². The third-order valence-corrected chi connectivity index (χ3v) is 5.20. The van der Waals surface area contributed by atoms with Crippen molar-refractivity contribution in [3.63, 3.8) is 0 Å². The van der Waals surface area contributed by atoms with Gasteiger partial charge in [0.1, 0.15) is 0 Å². The molecule has 1 atom stereocenters. The molecular weight excluding hydrogens is 376 g/mol. The van der Waals surface area contributed by atoms with Gasteiger partial charge in [-0.2, -0.15) is 0 Å². The molecule has 4 rings (SSSR count). The molecule has 2 aromatic rings. The quantitative estimate of drug-likeness (QED) is 0.585. The number of anilines is 1. The maximum Gasteiger partial charge on any atom is 0.412 e. The molecule has 9 nitrogen and oxygen atoms in total. The number of non-ortho nitro benzene ring substituents is 1. The third-order valence-electron chi connectivity index (χ3n) is 5.20. The lowest BCUT2D eigenvalue weighted by Gasteiger charge is -2.33. The first kappa shape index (κ1) is 18.9. The lowest BCUT2D eigenvalue weighted by molar-refractivity contribution is -0.384. The van der Waals surface area contributed by atoms with Crippen LogP contribution in [0.4, 0.5) is 16.2 Å². The second-order valence-corrected chi connectivity index (χ2v) is 7.07. The molecule has 1 saturated heterocycles. The Balaban J connectivity index is 1.66. The minimum absolute atomic E-state index is 0.143.